The Kier molecular flexibility index (Phi) is 4.10. The average molecular weight is 367 g/mol. The van der Waals surface area contributed by atoms with Crippen LogP contribution in [0.15, 0.2) is 27.5 Å². The SMILES string of the molecule is Cc1nnc([C@@H]2CN(S(=O)(=O)c3cccc4c3OCCO4)CCO2)o1. The van der Waals surface area contributed by atoms with E-state index in [2.05, 4.69) is 10.2 Å². The van der Waals surface area contributed by atoms with Crippen molar-refractivity contribution in [2.45, 2.75) is 17.9 Å². The standard InChI is InChI=1S/C15H17N3O6S/c1-10-16-17-15(24-10)12-9-18(5-6-21-12)25(19,20)13-4-2-3-11-14(13)23-8-7-22-11/h2-4,12H,5-9H2,1H3/t12-/m0/s1. The predicted octanol–water partition coefficient (Wildman–Crippen LogP) is 0.911. The van der Waals surface area contributed by atoms with E-state index in [0.717, 1.165) is 0 Å². The number of sulfonamides is 1. The van der Waals surface area contributed by atoms with E-state index in [9.17, 15) is 8.42 Å². The molecule has 2 aliphatic heterocycles. The van der Waals surface area contributed by atoms with Gasteiger partial charge in [0, 0.05) is 20.0 Å². The summed E-state index contributed by atoms with van der Waals surface area (Å²) < 4.78 is 49.5. The number of morpholine rings is 1. The second kappa shape index (κ2) is 6.28. The average Bonchev–Trinajstić information content (AvgIpc) is 3.08. The van der Waals surface area contributed by atoms with Gasteiger partial charge < -0.3 is 18.6 Å². The van der Waals surface area contributed by atoms with E-state index >= 15 is 0 Å². The number of hydrogen-bond acceptors (Lipinski definition) is 8. The van der Waals surface area contributed by atoms with Crippen LogP contribution < -0.4 is 9.47 Å². The van der Waals surface area contributed by atoms with Gasteiger partial charge in [-0.2, -0.15) is 4.31 Å². The lowest BCUT2D eigenvalue weighted by molar-refractivity contribution is -0.0177. The van der Waals surface area contributed by atoms with Gasteiger partial charge in [0.1, 0.15) is 24.2 Å². The van der Waals surface area contributed by atoms with E-state index < -0.39 is 16.1 Å². The smallest absolute Gasteiger partial charge is 0.247 e. The molecule has 2 aromatic rings. The van der Waals surface area contributed by atoms with Gasteiger partial charge in [-0.15, -0.1) is 10.2 Å². The first kappa shape index (κ1) is 16.3. The summed E-state index contributed by atoms with van der Waals surface area (Å²) in [5, 5.41) is 7.68. The third-order valence-electron chi connectivity index (χ3n) is 3.99. The molecule has 3 heterocycles. The highest BCUT2D eigenvalue weighted by Gasteiger charge is 2.36. The summed E-state index contributed by atoms with van der Waals surface area (Å²) >= 11 is 0. The molecule has 1 aromatic heterocycles. The molecule has 2 aliphatic rings. The molecule has 10 heteroatoms. The van der Waals surface area contributed by atoms with Gasteiger partial charge in [-0.1, -0.05) is 6.07 Å². The summed E-state index contributed by atoms with van der Waals surface area (Å²) in [5.41, 5.74) is 0. The van der Waals surface area contributed by atoms with Crippen LogP contribution in [-0.2, 0) is 14.8 Å². The van der Waals surface area contributed by atoms with Crippen molar-refractivity contribution in [3.8, 4) is 11.5 Å². The molecule has 0 N–H and O–H groups in total. The second-order valence-electron chi connectivity index (χ2n) is 5.66. The molecule has 0 spiro atoms. The van der Waals surface area contributed by atoms with E-state index in [1.807, 2.05) is 0 Å². The first-order valence-electron chi connectivity index (χ1n) is 7.86. The summed E-state index contributed by atoms with van der Waals surface area (Å²) in [7, 11) is -3.78. The van der Waals surface area contributed by atoms with Crippen LogP contribution >= 0.6 is 0 Å². The topological polar surface area (TPSA) is 104 Å². The van der Waals surface area contributed by atoms with Gasteiger partial charge in [0.2, 0.25) is 21.8 Å². The van der Waals surface area contributed by atoms with E-state index in [0.29, 0.717) is 24.9 Å². The van der Waals surface area contributed by atoms with Crippen LogP contribution in [0, 0.1) is 6.92 Å². The Morgan fingerprint density at radius 2 is 2.00 bits per heavy atom. The molecule has 0 saturated carbocycles. The molecule has 1 aromatic carbocycles. The second-order valence-corrected chi connectivity index (χ2v) is 7.57. The van der Waals surface area contributed by atoms with E-state index in [1.165, 1.54) is 10.4 Å². The fraction of sp³-hybridized carbons (Fsp3) is 0.467. The Morgan fingerprint density at radius 3 is 2.80 bits per heavy atom. The maximum absolute atomic E-state index is 13.1. The molecule has 4 rings (SSSR count). The maximum atomic E-state index is 13.1. The lowest BCUT2D eigenvalue weighted by atomic mass is 10.3. The number of para-hydroxylation sites is 1. The van der Waals surface area contributed by atoms with E-state index in [4.69, 9.17) is 18.6 Å². The van der Waals surface area contributed by atoms with E-state index in [-0.39, 0.29) is 36.2 Å². The monoisotopic (exact) mass is 367 g/mol. The van der Waals surface area contributed by atoms with Crippen molar-refractivity contribution in [3.05, 3.63) is 30.0 Å². The Hall–Kier alpha value is -2.17. The molecule has 1 fully saturated rings. The molecular formula is C15H17N3O6S. The molecule has 1 saturated heterocycles. The Labute approximate surface area is 144 Å². The number of aromatic nitrogens is 2. The molecule has 0 bridgehead atoms. The summed E-state index contributed by atoms with van der Waals surface area (Å²) in [4.78, 5) is 0.0899. The molecule has 0 aliphatic carbocycles. The molecule has 0 radical (unpaired) electrons. The van der Waals surface area contributed by atoms with Crippen LogP contribution in [0.1, 0.15) is 17.9 Å². The number of rotatable bonds is 3. The fourth-order valence-electron chi connectivity index (χ4n) is 2.82. The van der Waals surface area contributed by atoms with Gasteiger partial charge in [-0.3, -0.25) is 0 Å². The molecule has 9 nitrogen and oxygen atoms in total. The number of ether oxygens (including phenoxy) is 3. The molecular weight excluding hydrogens is 350 g/mol. The maximum Gasteiger partial charge on any atom is 0.247 e. The third-order valence-corrected chi connectivity index (χ3v) is 5.88. The Balaban J connectivity index is 1.64. The van der Waals surface area contributed by atoms with Gasteiger partial charge in [0.25, 0.3) is 0 Å². The first-order valence-corrected chi connectivity index (χ1v) is 9.30. The first-order chi connectivity index (χ1) is 12.1. The van der Waals surface area contributed by atoms with Gasteiger partial charge >= 0.3 is 0 Å². The van der Waals surface area contributed by atoms with Gasteiger partial charge in [0.15, 0.2) is 11.5 Å². The zero-order chi connectivity index (χ0) is 17.4. The minimum atomic E-state index is -3.78. The zero-order valence-electron chi connectivity index (χ0n) is 13.5. The largest absolute Gasteiger partial charge is 0.486 e. The van der Waals surface area contributed by atoms with Crippen molar-refractivity contribution in [1.29, 1.82) is 0 Å². The van der Waals surface area contributed by atoms with Crippen molar-refractivity contribution in [1.82, 2.24) is 14.5 Å². The molecule has 0 amide bonds. The van der Waals surface area contributed by atoms with Crippen molar-refractivity contribution in [3.63, 3.8) is 0 Å². The van der Waals surface area contributed by atoms with Crippen LogP contribution in [0.25, 0.3) is 0 Å². The fourth-order valence-corrected chi connectivity index (χ4v) is 4.39. The van der Waals surface area contributed by atoms with Gasteiger partial charge in [-0.25, -0.2) is 8.42 Å². The lowest BCUT2D eigenvalue weighted by Gasteiger charge is -2.31. The lowest BCUT2D eigenvalue weighted by Crippen LogP contribution is -2.42. The van der Waals surface area contributed by atoms with Crippen molar-refractivity contribution < 1.29 is 27.0 Å². The molecule has 1 atom stereocenters. The summed E-state index contributed by atoms with van der Waals surface area (Å²) in [6, 6.07) is 4.85. The highest BCUT2D eigenvalue weighted by Crippen LogP contribution is 2.38. The van der Waals surface area contributed by atoms with Crippen LogP contribution in [-0.4, -0.2) is 55.8 Å². The summed E-state index contributed by atoms with van der Waals surface area (Å²) in [5.74, 6) is 1.36. The minimum Gasteiger partial charge on any atom is -0.486 e. The number of aryl methyl sites for hydroxylation is 1. The Morgan fingerprint density at radius 1 is 1.16 bits per heavy atom. The highest BCUT2D eigenvalue weighted by molar-refractivity contribution is 7.89. The molecule has 0 unspecified atom stereocenters. The van der Waals surface area contributed by atoms with Crippen molar-refractivity contribution >= 4 is 10.0 Å². The predicted molar refractivity (Wildman–Crippen MR) is 83.9 cm³/mol. The van der Waals surface area contributed by atoms with Crippen LogP contribution in [0.4, 0.5) is 0 Å². The number of nitrogens with zero attached hydrogens (tertiary/aromatic N) is 3. The van der Waals surface area contributed by atoms with E-state index in [1.54, 1.807) is 19.1 Å². The van der Waals surface area contributed by atoms with Crippen LogP contribution in [0.3, 0.4) is 0 Å². The van der Waals surface area contributed by atoms with Crippen molar-refractivity contribution in [2.24, 2.45) is 0 Å². The number of fused-ring (bicyclic) bond motifs is 1. The molecule has 25 heavy (non-hydrogen) atoms. The van der Waals surface area contributed by atoms with Gasteiger partial charge in [-0.05, 0) is 12.1 Å². The highest BCUT2D eigenvalue weighted by atomic mass is 32.2. The Bertz CT molecular complexity index is 881. The summed E-state index contributed by atoms with van der Waals surface area (Å²) in [6.07, 6.45) is -0.596. The minimum absolute atomic E-state index is 0.0899. The quantitative estimate of drug-likeness (QED) is 0.788. The normalized spacial score (nSPS) is 21.2. The zero-order valence-corrected chi connectivity index (χ0v) is 14.4. The van der Waals surface area contributed by atoms with Crippen LogP contribution in [0.2, 0.25) is 0 Å². The van der Waals surface area contributed by atoms with Crippen LogP contribution in [0.5, 0.6) is 11.5 Å². The summed E-state index contributed by atoms with van der Waals surface area (Å²) in [6.45, 7) is 2.93. The third kappa shape index (κ3) is 2.96. The number of benzene rings is 1. The van der Waals surface area contributed by atoms with Crippen molar-refractivity contribution in [2.75, 3.05) is 32.9 Å². The van der Waals surface area contributed by atoms with Gasteiger partial charge in [0.05, 0.1) is 6.61 Å². The number of hydrogen-bond donors (Lipinski definition) is 0. The molecule has 134 valence electrons.